The molecule has 1 unspecified atom stereocenters. The van der Waals surface area contributed by atoms with Crippen LogP contribution < -0.4 is 21.3 Å². The highest BCUT2D eigenvalue weighted by Crippen LogP contribution is 2.18. The highest BCUT2D eigenvalue weighted by atomic mass is 19.1. The van der Waals surface area contributed by atoms with E-state index in [4.69, 9.17) is 0 Å². The van der Waals surface area contributed by atoms with Gasteiger partial charge in [0.2, 0.25) is 11.8 Å². The Labute approximate surface area is 195 Å². The number of carbonyl (C=O) groups excluding carboxylic acids is 5. The molecule has 4 amide bonds. The number of rotatable bonds is 9. The minimum absolute atomic E-state index is 0.0651. The van der Waals surface area contributed by atoms with Gasteiger partial charge in [0.15, 0.2) is 0 Å². The third-order valence-electron chi connectivity index (χ3n) is 5.44. The Balaban J connectivity index is 1.63. The first kappa shape index (κ1) is 24.6. The molecule has 9 nitrogen and oxygen atoms in total. The second-order valence-corrected chi connectivity index (χ2v) is 7.97. The van der Waals surface area contributed by atoms with Gasteiger partial charge in [0.1, 0.15) is 18.1 Å². The van der Waals surface area contributed by atoms with Crippen LogP contribution in [-0.2, 0) is 14.4 Å². The summed E-state index contributed by atoms with van der Waals surface area (Å²) < 4.78 is 13.3. The third-order valence-corrected chi connectivity index (χ3v) is 5.44. The van der Waals surface area contributed by atoms with Crippen LogP contribution in [-0.4, -0.2) is 48.5 Å². The molecule has 3 rings (SSSR count). The smallest absolute Gasteiger partial charge is 0.253 e. The van der Waals surface area contributed by atoms with E-state index in [-0.39, 0.29) is 35.1 Å². The van der Waals surface area contributed by atoms with E-state index in [1.165, 1.54) is 37.3 Å². The summed E-state index contributed by atoms with van der Waals surface area (Å²) in [6, 6.07) is 9.40. The second kappa shape index (κ2) is 11.2. The predicted octanol–water partition coefficient (Wildman–Crippen LogP) is 1.41. The maximum absolute atomic E-state index is 13.3. The van der Waals surface area contributed by atoms with Gasteiger partial charge in [-0.1, -0.05) is 18.2 Å². The number of carbonyl (C=O) groups is 5. The number of hydrogen-bond donors (Lipinski definition) is 4. The van der Waals surface area contributed by atoms with Crippen molar-refractivity contribution in [2.24, 2.45) is 5.92 Å². The van der Waals surface area contributed by atoms with Crippen molar-refractivity contribution in [3.63, 3.8) is 0 Å². The molecule has 1 aliphatic heterocycles. The predicted molar refractivity (Wildman–Crippen MR) is 121 cm³/mol. The van der Waals surface area contributed by atoms with Crippen LogP contribution in [0.2, 0.25) is 0 Å². The summed E-state index contributed by atoms with van der Waals surface area (Å²) in [6.07, 6.45) is 1.35. The van der Waals surface area contributed by atoms with Crippen molar-refractivity contribution in [2.75, 3.05) is 11.9 Å². The van der Waals surface area contributed by atoms with Gasteiger partial charge in [-0.05, 0) is 50.1 Å². The van der Waals surface area contributed by atoms with Crippen molar-refractivity contribution < 1.29 is 28.4 Å². The zero-order valence-electron chi connectivity index (χ0n) is 18.5. The Morgan fingerprint density at radius 3 is 2.56 bits per heavy atom. The van der Waals surface area contributed by atoms with Crippen molar-refractivity contribution in [1.82, 2.24) is 16.0 Å². The third kappa shape index (κ3) is 6.25. The fraction of sp³-hybridized carbons (Fsp3) is 0.292. The number of anilines is 1. The van der Waals surface area contributed by atoms with Crippen LogP contribution in [0.4, 0.5) is 10.1 Å². The molecule has 10 heteroatoms. The van der Waals surface area contributed by atoms with Crippen LogP contribution in [0.1, 0.15) is 40.5 Å². The van der Waals surface area contributed by atoms with Crippen LogP contribution >= 0.6 is 0 Å². The number of amides is 4. The van der Waals surface area contributed by atoms with Crippen molar-refractivity contribution in [3.8, 4) is 0 Å². The molecule has 0 spiro atoms. The van der Waals surface area contributed by atoms with E-state index in [1.54, 1.807) is 12.1 Å². The Morgan fingerprint density at radius 2 is 1.88 bits per heavy atom. The van der Waals surface area contributed by atoms with Crippen molar-refractivity contribution in [1.29, 1.82) is 0 Å². The summed E-state index contributed by atoms with van der Waals surface area (Å²) in [5, 5.41) is 10.3. The molecule has 4 N–H and O–H groups in total. The Hall–Kier alpha value is -4.08. The Morgan fingerprint density at radius 1 is 1.12 bits per heavy atom. The summed E-state index contributed by atoms with van der Waals surface area (Å²) >= 11 is 0. The van der Waals surface area contributed by atoms with Gasteiger partial charge in [-0.2, -0.15) is 0 Å². The van der Waals surface area contributed by atoms with Crippen LogP contribution in [0, 0.1) is 11.7 Å². The zero-order valence-corrected chi connectivity index (χ0v) is 18.5. The molecule has 0 aliphatic carbocycles. The maximum Gasteiger partial charge on any atom is 0.253 e. The zero-order chi connectivity index (χ0) is 24.7. The van der Waals surface area contributed by atoms with Gasteiger partial charge < -0.3 is 26.1 Å². The van der Waals surface area contributed by atoms with Crippen LogP contribution in [0.3, 0.4) is 0 Å². The molecule has 1 fully saturated rings. The van der Waals surface area contributed by atoms with E-state index in [1.807, 2.05) is 0 Å². The molecule has 34 heavy (non-hydrogen) atoms. The Bertz CT molecular complexity index is 1110. The lowest BCUT2D eigenvalue weighted by atomic mass is 9.99. The summed E-state index contributed by atoms with van der Waals surface area (Å²) in [6.45, 7) is 1.98. The van der Waals surface area contributed by atoms with E-state index in [2.05, 4.69) is 21.3 Å². The summed E-state index contributed by atoms with van der Waals surface area (Å²) in [5.41, 5.74) is 0.359. The molecule has 2 aromatic rings. The normalized spacial score (nSPS) is 16.6. The molecule has 1 heterocycles. The summed E-state index contributed by atoms with van der Waals surface area (Å²) in [7, 11) is 0. The molecular formula is C24H25FN4O5. The fourth-order valence-electron chi connectivity index (χ4n) is 3.58. The van der Waals surface area contributed by atoms with Crippen molar-refractivity contribution in [3.05, 3.63) is 65.5 Å². The van der Waals surface area contributed by atoms with Gasteiger partial charge in [0, 0.05) is 18.0 Å². The van der Waals surface area contributed by atoms with E-state index in [9.17, 15) is 28.4 Å². The molecular weight excluding hydrogens is 443 g/mol. The van der Waals surface area contributed by atoms with Crippen LogP contribution in [0.15, 0.2) is 48.5 Å². The first-order valence-electron chi connectivity index (χ1n) is 10.8. The standard InChI is InChI=1S/C24H25FN4O5/c1-14(27-23(33)15-5-4-6-17(25)11-15)21(31)29-20-8-3-2-7-19(20)24(34)28-18(13-30)12-16-9-10-26-22(16)32/h2-8,11,13-14,16,18H,9-10,12H2,1H3,(H,26,32)(H,27,33)(H,28,34)(H,29,31)/t14-,16?,18+/m1/s1. The molecule has 1 saturated heterocycles. The highest BCUT2D eigenvalue weighted by molar-refractivity contribution is 6.06. The minimum atomic E-state index is -0.990. The lowest BCUT2D eigenvalue weighted by molar-refractivity contribution is -0.123. The molecule has 0 saturated carbocycles. The average Bonchev–Trinajstić information content (AvgIpc) is 3.22. The lowest BCUT2D eigenvalue weighted by Crippen LogP contribution is -2.42. The molecule has 1 aliphatic rings. The monoisotopic (exact) mass is 468 g/mol. The van der Waals surface area contributed by atoms with E-state index >= 15 is 0 Å². The fourth-order valence-corrected chi connectivity index (χ4v) is 3.58. The summed E-state index contributed by atoms with van der Waals surface area (Å²) in [4.78, 5) is 61.0. The van der Waals surface area contributed by atoms with Gasteiger partial charge in [-0.3, -0.25) is 19.2 Å². The first-order valence-corrected chi connectivity index (χ1v) is 10.8. The van der Waals surface area contributed by atoms with Gasteiger partial charge in [0.05, 0.1) is 17.3 Å². The number of para-hydroxylation sites is 1. The minimum Gasteiger partial charge on any atom is -0.356 e. The van der Waals surface area contributed by atoms with E-state index in [0.29, 0.717) is 19.3 Å². The van der Waals surface area contributed by atoms with E-state index in [0.717, 1.165) is 6.07 Å². The molecule has 0 aromatic heterocycles. The van der Waals surface area contributed by atoms with Crippen molar-refractivity contribution >= 4 is 35.6 Å². The molecule has 3 atom stereocenters. The Kier molecular flexibility index (Phi) is 8.07. The molecule has 0 bridgehead atoms. The molecule has 178 valence electrons. The number of nitrogens with one attached hydrogen (secondary N) is 4. The summed E-state index contributed by atoms with van der Waals surface area (Å²) in [5.74, 6) is -2.90. The number of aldehydes is 1. The lowest BCUT2D eigenvalue weighted by Gasteiger charge is -2.18. The van der Waals surface area contributed by atoms with Gasteiger partial charge >= 0.3 is 0 Å². The number of halogens is 1. The maximum atomic E-state index is 13.3. The highest BCUT2D eigenvalue weighted by Gasteiger charge is 2.28. The molecule has 2 aromatic carbocycles. The number of benzene rings is 2. The van der Waals surface area contributed by atoms with Gasteiger partial charge in [0.25, 0.3) is 11.8 Å². The largest absolute Gasteiger partial charge is 0.356 e. The average molecular weight is 468 g/mol. The van der Waals surface area contributed by atoms with Gasteiger partial charge in [-0.25, -0.2) is 4.39 Å². The molecule has 0 radical (unpaired) electrons. The second-order valence-electron chi connectivity index (χ2n) is 7.97. The van der Waals surface area contributed by atoms with Gasteiger partial charge in [-0.15, -0.1) is 0 Å². The first-order chi connectivity index (χ1) is 16.3. The van der Waals surface area contributed by atoms with Crippen LogP contribution in [0.25, 0.3) is 0 Å². The van der Waals surface area contributed by atoms with E-state index < -0.39 is 35.6 Å². The quantitative estimate of drug-likeness (QED) is 0.413. The SMILES string of the molecule is C[C@@H](NC(=O)c1cccc(F)c1)C(=O)Nc1ccccc1C(=O)N[C@H](C=O)CC1CCNC1=O. The van der Waals surface area contributed by atoms with Crippen LogP contribution in [0.5, 0.6) is 0 Å². The topological polar surface area (TPSA) is 133 Å². The van der Waals surface area contributed by atoms with Crippen molar-refractivity contribution in [2.45, 2.75) is 31.8 Å². The number of hydrogen-bond acceptors (Lipinski definition) is 5.